The summed E-state index contributed by atoms with van der Waals surface area (Å²) in [6.45, 7) is 6.29. The van der Waals surface area contributed by atoms with Crippen molar-refractivity contribution in [2.75, 3.05) is 33.2 Å². The summed E-state index contributed by atoms with van der Waals surface area (Å²) in [6, 6.07) is 0.497. The average Bonchev–Trinajstić information content (AvgIpc) is 2.30. The minimum absolute atomic E-state index is 0.259. The maximum Gasteiger partial charge on any atom is 0.133 e. The second-order valence-electron chi connectivity index (χ2n) is 5.11. The lowest BCUT2D eigenvalue weighted by Gasteiger charge is -2.39. The number of Topliss-reactive ketones (excluding diaryl/α,β-unsaturated/α-hetero) is 1. The molecule has 0 amide bonds. The number of hydrogen-bond acceptors (Lipinski definition) is 3. The van der Waals surface area contributed by atoms with Gasteiger partial charge in [-0.25, -0.2) is 0 Å². The molecule has 0 aromatic rings. The highest BCUT2D eigenvalue weighted by Crippen LogP contribution is 2.23. The first-order valence-corrected chi connectivity index (χ1v) is 6.26. The molecule has 3 heteroatoms. The third-order valence-corrected chi connectivity index (χ3v) is 3.89. The molecule has 0 spiro atoms. The quantitative estimate of drug-likeness (QED) is 0.655. The Hall–Kier alpha value is -0.670. The van der Waals surface area contributed by atoms with Crippen LogP contribution in [0.4, 0.5) is 0 Å². The molecule has 2 rings (SSSR count). The third kappa shape index (κ3) is 2.71. The molecule has 1 aliphatic heterocycles. The van der Waals surface area contributed by atoms with Crippen LogP contribution in [0, 0.1) is 5.92 Å². The fraction of sp³-hybridized carbons (Fsp3) is 0.769. The maximum absolute atomic E-state index is 11.4. The van der Waals surface area contributed by atoms with Crippen molar-refractivity contribution in [3.05, 3.63) is 12.2 Å². The Morgan fingerprint density at radius 3 is 2.56 bits per heavy atom. The van der Waals surface area contributed by atoms with Crippen LogP contribution in [0.15, 0.2) is 12.2 Å². The molecule has 2 aliphatic rings. The molecule has 0 saturated carbocycles. The Kier molecular flexibility index (Phi) is 3.77. The summed E-state index contributed by atoms with van der Waals surface area (Å²) in [7, 11) is 2.17. The lowest BCUT2D eigenvalue weighted by molar-refractivity contribution is -0.121. The number of nitrogens with zero attached hydrogens (tertiary/aromatic N) is 2. The number of rotatable bonds is 2. The van der Waals surface area contributed by atoms with Gasteiger partial charge < -0.3 is 4.90 Å². The normalized spacial score (nSPS) is 32.9. The summed E-state index contributed by atoms with van der Waals surface area (Å²) < 4.78 is 0. The van der Waals surface area contributed by atoms with Gasteiger partial charge >= 0.3 is 0 Å². The third-order valence-electron chi connectivity index (χ3n) is 3.89. The van der Waals surface area contributed by atoms with E-state index in [4.69, 9.17) is 0 Å². The van der Waals surface area contributed by atoms with Gasteiger partial charge in [-0.05, 0) is 26.8 Å². The van der Waals surface area contributed by atoms with E-state index < -0.39 is 0 Å². The number of likely N-dealkylation sites (N-methyl/N-ethyl adjacent to an activating group) is 1. The van der Waals surface area contributed by atoms with Gasteiger partial charge in [-0.15, -0.1) is 0 Å². The summed E-state index contributed by atoms with van der Waals surface area (Å²) in [5.74, 6) is 0.609. The number of carbonyl (C=O) groups is 1. The Bertz CT molecular complexity index is 280. The van der Waals surface area contributed by atoms with E-state index in [2.05, 4.69) is 29.0 Å². The molecular weight excluding hydrogens is 200 g/mol. The summed E-state index contributed by atoms with van der Waals surface area (Å²) >= 11 is 0. The largest absolute Gasteiger partial charge is 0.304 e. The minimum atomic E-state index is 0.259. The van der Waals surface area contributed by atoms with Crippen molar-refractivity contribution >= 4 is 5.78 Å². The van der Waals surface area contributed by atoms with Crippen LogP contribution in [0.5, 0.6) is 0 Å². The van der Waals surface area contributed by atoms with Gasteiger partial charge in [-0.3, -0.25) is 9.69 Å². The highest BCUT2D eigenvalue weighted by molar-refractivity contribution is 5.78. The molecule has 0 N–H and O–H groups in total. The molecule has 16 heavy (non-hydrogen) atoms. The van der Waals surface area contributed by atoms with E-state index in [0.717, 1.165) is 39.0 Å². The van der Waals surface area contributed by atoms with Crippen LogP contribution in [0.1, 0.15) is 19.8 Å². The molecule has 90 valence electrons. The Morgan fingerprint density at radius 2 is 1.94 bits per heavy atom. The smallest absolute Gasteiger partial charge is 0.133 e. The molecule has 1 aliphatic carbocycles. The van der Waals surface area contributed by atoms with Gasteiger partial charge in [0, 0.05) is 38.1 Å². The predicted molar refractivity (Wildman–Crippen MR) is 65.4 cm³/mol. The van der Waals surface area contributed by atoms with Crippen molar-refractivity contribution in [1.82, 2.24) is 9.80 Å². The van der Waals surface area contributed by atoms with Crippen LogP contribution >= 0.6 is 0 Å². The monoisotopic (exact) mass is 222 g/mol. The number of piperazine rings is 1. The van der Waals surface area contributed by atoms with Crippen molar-refractivity contribution < 1.29 is 4.79 Å². The van der Waals surface area contributed by atoms with E-state index in [9.17, 15) is 4.79 Å². The lowest BCUT2D eigenvalue weighted by Crippen LogP contribution is -2.49. The first-order chi connectivity index (χ1) is 7.66. The zero-order chi connectivity index (χ0) is 11.5. The number of ketones is 1. The molecule has 0 unspecified atom stereocenters. The van der Waals surface area contributed by atoms with Gasteiger partial charge in [0.1, 0.15) is 5.78 Å². The van der Waals surface area contributed by atoms with Gasteiger partial charge in [0.2, 0.25) is 0 Å². The molecule has 0 aromatic heterocycles. The summed E-state index contributed by atoms with van der Waals surface area (Å²) in [6.07, 6.45) is 6.46. The molecule has 3 nitrogen and oxygen atoms in total. The molecule has 2 atom stereocenters. The molecule has 0 radical (unpaired) electrons. The standard InChI is InChI=1S/C13H22N2O/c1-11(16)12-4-3-5-13(10-12)15-8-6-14(2)7-9-15/h3,5,12-13H,4,6-10H2,1-2H3/t12-,13+/m1/s1. The van der Waals surface area contributed by atoms with E-state index in [0.29, 0.717) is 11.8 Å². The molecule has 1 fully saturated rings. The van der Waals surface area contributed by atoms with Crippen LogP contribution in [-0.2, 0) is 4.79 Å². The van der Waals surface area contributed by atoms with Gasteiger partial charge in [-0.2, -0.15) is 0 Å². The fourth-order valence-electron chi connectivity index (χ4n) is 2.62. The average molecular weight is 222 g/mol. The summed E-state index contributed by atoms with van der Waals surface area (Å²) in [4.78, 5) is 16.3. The van der Waals surface area contributed by atoms with Crippen molar-refractivity contribution in [3.63, 3.8) is 0 Å². The second kappa shape index (κ2) is 5.11. The van der Waals surface area contributed by atoms with Gasteiger partial charge in [-0.1, -0.05) is 12.2 Å². The second-order valence-corrected chi connectivity index (χ2v) is 5.11. The van der Waals surface area contributed by atoms with Gasteiger partial charge in [0.25, 0.3) is 0 Å². The van der Waals surface area contributed by atoms with Crippen LogP contribution in [0.2, 0.25) is 0 Å². The van der Waals surface area contributed by atoms with Crippen LogP contribution in [0.25, 0.3) is 0 Å². The first kappa shape index (κ1) is 11.8. The predicted octanol–water partition coefficient (Wildman–Crippen LogP) is 1.16. The number of hydrogen-bond donors (Lipinski definition) is 0. The Balaban J connectivity index is 1.92. The van der Waals surface area contributed by atoms with Crippen LogP contribution < -0.4 is 0 Å². The van der Waals surface area contributed by atoms with E-state index in [1.807, 2.05) is 0 Å². The fourth-order valence-corrected chi connectivity index (χ4v) is 2.62. The van der Waals surface area contributed by atoms with E-state index in [-0.39, 0.29) is 5.92 Å². The summed E-state index contributed by atoms with van der Waals surface area (Å²) in [5.41, 5.74) is 0. The lowest BCUT2D eigenvalue weighted by atomic mass is 9.87. The maximum atomic E-state index is 11.4. The number of allylic oxidation sites excluding steroid dienone is 1. The molecule has 0 aromatic carbocycles. The van der Waals surface area contributed by atoms with E-state index in [1.54, 1.807) is 6.92 Å². The zero-order valence-corrected chi connectivity index (χ0v) is 10.4. The van der Waals surface area contributed by atoms with Crippen molar-refractivity contribution in [2.24, 2.45) is 5.92 Å². The van der Waals surface area contributed by atoms with Gasteiger partial charge in [0.05, 0.1) is 0 Å². The van der Waals surface area contributed by atoms with Gasteiger partial charge in [0.15, 0.2) is 0 Å². The van der Waals surface area contributed by atoms with Crippen LogP contribution in [0.3, 0.4) is 0 Å². The topological polar surface area (TPSA) is 23.6 Å². The minimum Gasteiger partial charge on any atom is -0.304 e. The molecule has 1 heterocycles. The molecule has 1 saturated heterocycles. The SMILES string of the molecule is CC(=O)[C@@H]1CC=C[C@H](N2CCN(C)CC2)C1. The number of carbonyl (C=O) groups excluding carboxylic acids is 1. The Labute approximate surface area is 98.1 Å². The highest BCUT2D eigenvalue weighted by atomic mass is 16.1. The van der Waals surface area contributed by atoms with E-state index in [1.165, 1.54) is 0 Å². The first-order valence-electron chi connectivity index (χ1n) is 6.26. The molecule has 0 bridgehead atoms. The zero-order valence-electron chi connectivity index (χ0n) is 10.4. The summed E-state index contributed by atoms with van der Waals surface area (Å²) in [5, 5.41) is 0. The van der Waals surface area contributed by atoms with E-state index >= 15 is 0 Å². The van der Waals surface area contributed by atoms with Crippen molar-refractivity contribution in [2.45, 2.75) is 25.8 Å². The van der Waals surface area contributed by atoms with Crippen molar-refractivity contribution in [3.8, 4) is 0 Å². The highest BCUT2D eigenvalue weighted by Gasteiger charge is 2.27. The molecular formula is C13H22N2O. The Morgan fingerprint density at radius 1 is 1.25 bits per heavy atom. The van der Waals surface area contributed by atoms with Crippen LogP contribution in [-0.4, -0.2) is 54.9 Å². The van der Waals surface area contributed by atoms with Crippen molar-refractivity contribution in [1.29, 1.82) is 0 Å².